The van der Waals surface area contributed by atoms with Gasteiger partial charge in [-0.3, -0.25) is 4.79 Å². The molecule has 0 atom stereocenters. The predicted octanol–water partition coefficient (Wildman–Crippen LogP) is 5.78. The summed E-state index contributed by atoms with van der Waals surface area (Å²) in [5.41, 5.74) is 4.58. The van der Waals surface area contributed by atoms with Gasteiger partial charge in [0.05, 0.1) is 5.02 Å². The average molecular weight is 398 g/mol. The first-order valence-corrected chi connectivity index (χ1v) is 9.53. The first kappa shape index (κ1) is 17.7. The zero-order valence-corrected chi connectivity index (χ0v) is 16.5. The SMILES string of the molecule is Cc1ccc(C)c(-c2nonc2NC(=O)c2sc3cc(C)ccc3c2Cl)c1. The number of anilines is 1. The fourth-order valence-corrected chi connectivity index (χ4v) is 4.43. The third-order valence-corrected chi connectivity index (χ3v) is 6.02. The van der Waals surface area contributed by atoms with E-state index in [1.807, 2.05) is 57.2 Å². The number of hydrogen-bond donors (Lipinski definition) is 1. The molecule has 0 saturated carbocycles. The van der Waals surface area contributed by atoms with Crippen molar-refractivity contribution >= 4 is 44.7 Å². The Morgan fingerprint density at radius 1 is 1.07 bits per heavy atom. The molecular weight excluding hydrogens is 382 g/mol. The lowest BCUT2D eigenvalue weighted by Crippen LogP contribution is -2.11. The molecule has 7 heteroatoms. The highest BCUT2D eigenvalue weighted by Crippen LogP contribution is 2.37. The summed E-state index contributed by atoms with van der Waals surface area (Å²) in [6, 6.07) is 11.9. The Morgan fingerprint density at radius 2 is 1.81 bits per heavy atom. The smallest absolute Gasteiger partial charge is 0.268 e. The number of benzene rings is 2. The first-order valence-electron chi connectivity index (χ1n) is 8.34. The molecule has 0 unspecified atom stereocenters. The minimum absolute atomic E-state index is 0.276. The van der Waals surface area contributed by atoms with Crippen molar-refractivity contribution in [1.29, 1.82) is 0 Å². The van der Waals surface area contributed by atoms with E-state index in [1.54, 1.807) is 0 Å². The number of nitrogens with zero attached hydrogens (tertiary/aromatic N) is 2. The van der Waals surface area contributed by atoms with Crippen LogP contribution in [-0.4, -0.2) is 16.2 Å². The molecule has 2 aromatic carbocycles. The Balaban J connectivity index is 1.70. The number of rotatable bonds is 3. The molecule has 0 aliphatic carbocycles. The van der Waals surface area contributed by atoms with Crippen LogP contribution in [0.4, 0.5) is 5.82 Å². The van der Waals surface area contributed by atoms with Gasteiger partial charge in [0.1, 0.15) is 4.88 Å². The number of nitrogens with one attached hydrogen (secondary N) is 1. The Bertz CT molecular complexity index is 1180. The van der Waals surface area contributed by atoms with Gasteiger partial charge in [0.2, 0.25) is 5.82 Å². The number of amides is 1. The van der Waals surface area contributed by atoms with Crippen LogP contribution in [0, 0.1) is 20.8 Å². The summed E-state index contributed by atoms with van der Waals surface area (Å²) < 4.78 is 5.86. The molecule has 0 saturated heterocycles. The van der Waals surface area contributed by atoms with Gasteiger partial charge in [-0.1, -0.05) is 41.4 Å². The lowest BCUT2D eigenvalue weighted by molar-refractivity contribution is 0.102. The van der Waals surface area contributed by atoms with Crippen LogP contribution in [0.15, 0.2) is 41.0 Å². The molecule has 1 amide bonds. The van der Waals surface area contributed by atoms with Gasteiger partial charge in [-0.15, -0.1) is 11.3 Å². The Hall–Kier alpha value is -2.70. The van der Waals surface area contributed by atoms with Crippen molar-refractivity contribution in [3.63, 3.8) is 0 Å². The van der Waals surface area contributed by atoms with Crippen molar-refractivity contribution in [2.45, 2.75) is 20.8 Å². The molecule has 0 aliphatic heterocycles. The summed E-state index contributed by atoms with van der Waals surface area (Å²) in [4.78, 5) is 13.3. The quantitative estimate of drug-likeness (QED) is 0.475. The van der Waals surface area contributed by atoms with E-state index < -0.39 is 0 Å². The molecule has 0 aliphatic rings. The Kier molecular flexibility index (Phi) is 4.45. The number of carbonyl (C=O) groups is 1. The molecule has 4 rings (SSSR count). The normalized spacial score (nSPS) is 11.1. The van der Waals surface area contributed by atoms with Gasteiger partial charge >= 0.3 is 0 Å². The number of carbonyl (C=O) groups excluding carboxylic acids is 1. The van der Waals surface area contributed by atoms with Crippen molar-refractivity contribution in [2.24, 2.45) is 0 Å². The maximum atomic E-state index is 12.8. The van der Waals surface area contributed by atoms with Crippen molar-refractivity contribution < 1.29 is 9.42 Å². The van der Waals surface area contributed by atoms with Gasteiger partial charge < -0.3 is 5.32 Å². The number of thiophene rings is 1. The lowest BCUT2D eigenvalue weighted by atomic mass is 10.0. The van der Waals surface area contributed by atoms with Crippen LogP contribution in [0.25, 0.3) is 21.3 Å². The second-order valence-corrected chi connectivity index (χ2v) is 7.91. The van der Waals surface area contributed by atoms with Gasteiger partial charge in [0, 0.05) is 15.6 Å². The Labute approximate surface area is 164 Å². The van der Waals surface area contributed by atoms with Gasteiger partial charge in [-0.2, -0.15) is 0 Å². The minimum atomic E-state index is -0.332. The minimum Gasteiger partial charge on any atom is -0.301 e. The number of halogens is 1. The third-order valence-electron chi connectivity index (χ3n) is 4.36. The third kappa shape index (κ3) is 3.22. The molecule has 4 aromatic rings. The number of hydrogen-bond acceptors (Lipinski definition) is 5. The van der Waals surface area contributed by atoms with Crippen LogP contribution in [0.3, 0.4) is 0 Å². The van der Waals surface area contributed by atoms with E-state index in [0.717, 1.165) is 32.3 Å². The van der Waals surface area contributed by atoms with E-state index in [-0.39, 0.29) is 11.7 Å². The summed E-state index contributed by atoms with van der Waals surface area (Å²) in [5, 5.41) is 11.9. The van der Waals surface area contributed by atoms with E-state index in [2.05, 4.69) is 15.6 Å². The van der Waals surface area contributed by atoms with Crippen LogP contribution in [0.1, 0.15) is 26.4 Å². The zero-order chi connectivity index (χ0) is 19.1. The highest BCUT2D eigenvalue weighted by Gasteiger charge is 2.22. The van der Waals surface area contributed by atoms with E-state index in [4.69, 9.17) is 16.2 Å². The van der Waals surface area contributed by atoms with E-state index in [0.29, 0.717) is 15.6 Å². The second kappa shape index (κ2) is 6.79. The van der Waals surface area contributed by atoms with Crippen LogP contribution >= 0.6 is 22.9 Å². The van der Waals surface area contributed by atoms with Gasteiger partial charge in [-0.25, -0.2) is 4.63 Å². The summed E-state index contributed by atoms with van der Waals surface area (Å²) in [5.74, 6) is -0.0560. The monoisotopic (exact) mass is 397 g/mol. The molecule has 1 N–H and O–H groups in total. The number of aromatic nitrogens is 2. The highest BCUT2D eigenvalue weighted by molar-refractivity contribution is 7.21. The number of fused-ring (bicyclic) bond motifs is 1. The van der Waals surface area contributed by atoms with E-state index >= 15 is 0 Å². The van der Waals surface area contributed by atoms with Crippen LogP contribution in [-0.2, 0) is 0 Å². The maximum absolute atomic E-state index is 12.8. The molecule has 0 bridgehead atoms. The molecule has 0 spiro atoms. The predicted molar refractivity (Wildman–Crippen MR) is 109 cm³/mol. The highest BCUT2D eigenvalue weighted by atomic mass is 35.5. The maximum Gasteiger partial charge on any atom is 0.268 e. The van der Waals surface area contributed by atoms with Crippen LogP contribution < -0.4 is 5.32 Å². The molecule has 5 nitrogen and oxygen atoms in total. The van der Waals surface area contributed by atoms with Gasteiger partial charge in [-0.05, 0) is 54.3 Å². The first-order chi connectivity index (χ1) is 12.9. The van der Waals surface area contributed by atoms with Crippen LogP contribution in [0.5, 0.6) is 0 Å². The van der Waals surface area contributed by atoms with E-state index in [1.165, 1.54) is 11.3 Å². The topological polar surface area (TPSA) is 68.0 Å². The van der Waals surface area contributed by atoms with Crippen molar-refractivity contribution in [1.82, 2.24) is 10.3 Å². The van der Waals surface area contributed by atoms with Crippen molar-refractivity contribution in [3.8, 4) is 11.3 Å². The zero-order valence-electron chi connectivity index (χ0n) is 15.0. The van der Waals surface area contributed by atoms with Crippen LogP contribution in [0.2, 0.25) is 5.02 Å². The molecule has 2 aromatic heterocycles. The van der Waals surface area contributed by atoms with Gasteiger partial charge in [0.25, 0.3) is 5.91 Å². The van der Waals surface area contributed by atoms with Crippen molar-refractivity contribution in [3.05, 3.63) is 63.0 Å². The van der Waals surface area contributed by atoms with Gasteiger partial charge in [0.15, 0.2) is 5.69 Å². The van der Waals surface area contributed by atoms with E-state index in [9.17, 15) is 4.79 Å². The largest absolute Gasteiger partial charge is 0.301 e. The summed E-state index contributed by atoms with van der Waals surface area (Å²) >= 11 is 7.79. The fraction of sp³-hybridized carbons (Fsp3) is 0.150. The molecule has 136 valence electrons. The lowest BCUT2D eigenvalue weighted by Gasteiger charge is -2.06. The fourth-order valence-electron chi connectivity index (χ4n) is 2.92. The molecule has 0 fully saturated rings. The standard InChI is InChI=1S/C20H16ClN3O2S/c1-10-4-6-12(3)14(8-10)17-19(24-26-23-17)22-20(25)18-16(21)13-7-5-11(2)9-15(13)27-18/h4-9H,1-3H3,(H,22,24,25). The molecule has 2 heterocycles. The average Bonchev–Trinajstić information content (AvgIpc) is 3.21. The summed E-state index contributed by atoms with van der Waals surface area (Å²) in [6.07, 6.45) is 0. The van der Waals surface area contributed by atoms with Crippen molar-refractivity contribution in [2.75, 3.05) is 5.32 Å². The number of aryl methyl sites for hydroxylation is 3. The molecular formula is C20H16ClN3O2S. The second-order valence-electron chi connectivity index (χ2n) is 6.48. The summed E-state index contributed by atoms with van der Waals surface area (Å²) in [7, 11) is 0. The molecule has 0 radical (unpaired) electrons. The summed E-state index contributed by atoms with van der Waals surface area (Å²) in [6.45, 7) is 5.97. The Morgan fingerprint density at radius 3 is 2.63 bits per heavy atom. The molecule has 27 heavy (non-hydrogen) atoms.